The van der Waals surface area contributed by atoms with Crippen molar-refractivity contribution in [3.8, 4) is 5.88 Å². The fraction of sp³-hybridized carbons (Fsp3) is 0.292. The first kappa shape index (κ1) is 22.3. The Kier molecular flexibility index (Phi) is 6.34. The van der Waals surface area contributed by atoms with Gasteiger partial charge in [0.05, 0.1) is 18.6 Å². The van der Waals surface area contributed by atoms with Gasteiger partial charge in [0, 0.05) is 17.1 Å². The molecule has 0 fully saturated rings. The number of fused-ring (bicyclic) bond motifs is 1. The van der Waals surface area contributed by atoms with Gasteiger partial charge in [0.25, 0.3) is 0 Å². The van der Waals surface area contributed by atoms with Crippen LogP contribution in [0.3, 0.4) is 0 Å². The number of carbonyl (C=O) groups is 2. The summed E-state index contributed by atoms with van der Waals surface area (Å²) in [7, 11) is 0. The fourth-order valence-corrected chi connectivity index (χ4v) is 3.25. The lowest BCUT2D eigenvalue weighted by atomic mass is 9.96. The number of hydrogen-bond donors (Lipinski definition) is 0. The van der Waals surface area contributed by atoms with E-state index in [1.807, 2.05) is 0 Å². The molecule has 0 aliphatic rings. The van der Waals surface area contributed by atoms with Gasteiger partial charge in [-0.15, -0.1) is 0 Å². The molecule has 0 radical (unpaired) electrons. The Morgan fingerprint density at radius 3 is 2.32 bits per heavy atom. The molecule has 0 aliphatic heterocycles. The molecule has 5 nitrogen and oxygen atoms in total. The number of hydrogen-bond acceptors (Lipinski definition) is 5. The first-order valence-electron chi connectivity index (χ1n) is 9.85. The van der Waals surface area contributed by atoms with E-state index >= 15 is 0 Å². The van der Waals surface area contributed by atoms with E-state index in [2.05, 4.69) is 4.98 Å². The molecule has 0 spiro atoms. The van der Waals surface area contributed by atoms with Gasteiger partial charge < -0.3 is 9.47 Å². The number of ketones is 1. The van der Waals surface area contributed by atoms with Crippen molar-refractivity contribution >= 4 is 22.5 Å². The second-order valence-electron chi connectivity index (χ2n) is 7.98. The zero-order chi connectivity index (χ0) is 22.8. The molecule has 3 rings (SSSR count). The van der Waals surface area contributed by atoms with Crippen LogP contribution < -0.4 is 4.74 Å². The Hall–Kier alpha value is -3.35. The number of ether oxygens (including phenoxy) is 2. The first-order valence-corrected chi connectivity index (χ1v) is 9.85. The molecule has 0 unspecified atom stereocenters. The smallest absolute Gasteiger partial charge is 0.310 e. The van der Waals surface area contributed by atoms with Gasteiger partial charge in [-0.25, -0.2) is 13.8 Å². The highest BCUT2D eigenvalue weighted by Gasteiger charge is 2.24. The second-order valence-corrected chi connectivity index (χ2v) is 7.98. The number of carbonyl (C=O) groups excluding carboxylic acids is 2. The third kappa shape index (κ3) is 5.05. The van der Waals surface area contributed by atoms with Crippen molar-refractivity contribution in [2.75, 3.05) is 6.61 Å². The standard InChI is InChI=1S/C24H23F2NO4/c1-5-30-23-17-8-6-7-16(15(17)9-10-27-23)22(29)21-18(25)11-14(12-19(21)26)13-20(28)31-24(2,3)4/h6-12H,5,13H2,1-4H3. The highest BCUT2D eigenvalue weighted by molar-refractivity contribution is 6.17. The van der Waals surface area contributed by atoms with E-state index in [4.69, 9.17) is 9.47 Å². The molecule has 7 heteroatoms. The summed E-state index contributed by atoms with van der Waals surface area (Å²) < 4.78 is 40.2. The van der Waals surface area contributed by atoms with Crippen LogP contribution in [0.1, 0.15) is 49.2 Å². The molecule has 0 N–H and O–H groups in total. The Morgan fingerprint density at radius 2 is 1.71 bits per heavy atom. The summed E-state index contributed by atoms with van der Waals surface area (Å²) in [5.74, 6) is -3.17. The minimum Gasteiger partial charge on any atom is -0.478 e. The predicted octanol–water partition coefficient (Wildman–Crippen LogP) is 5.03. The molecule has 0 aliphatic carbocycles. The SMILES string of the molecule is CCOc1nccc2c(C(=O)c3c(F)cc(CC(=O)OC(C)(C)C)cc3F)cccc12. The summed E-state index contributed by atoms with van der Waals surface area (Å²) >= 11 is 0. The van der Waals surface area contributed by atoms with Crippen molar-refractivity contribution in [3.05, 3.63) is 70.9 Å². The van der Waals surface area contributed by atoms with Gasteiger partial charge in [-0.1, -0.05) is 12.1 Å². The van der Waals surface area contributed by atoms with Crippen LogP contribution in [0.25, 0.3) is 10.8 Å². The van der Waals surface area contributed by atoms with Crippen LogP contribution in [-0.2, 0) is 16.0 Å². The number of pyridine rings is 1. The highest BCUT2D eigenvalue weighted by Crippen LogP contribution is 2.29. The molecule has 0 bridgehead atoms. The van der Waals surface area contributed by atoms with Crippen molar-refractivity contribution in [2.24, 2.45) is 0 Å². The number of benzene rings is 2. The lowest BCUT2D eigenvalue weighted by Crippen LogP contribution is -2.25. The fourth-order valence-electron chi connectivity index (χ4n) is 3.25. The molecule has 3 aromatic rings. The van der Waals surface area contributed by atoms with Crippen LogP contribution in [0.5, 0.6) is 5.88 Å². The Bertz CT molecular complexity index is 1130. The highest BCUT2D eigenvalue weighted by atomic mass is 19.1. The van der Waals surface area contributed by atoms with Gasteiger partial charge in [-0.2, -0.15) is 0 Å². The van der Waals surface area contributed by atoms with E-state index in [1.54, 1.807) is 45.9 Å². The molecule has 0 amide bonds. The molecular formula is C24H23F2NO4. The number of rotatable bonds is 6. The van der Waals surface area contributed by atoms with Gasteiger partial charge in [0.2, 0.25) is 5.88 Å². The number of esters is 1. The second kappa shape index (κ2) is 8.79. The molecular weight excluding hydrogens is 404 g/mol. The van der Waals surface area contributed by atoms with Crippen LogP contribution in [0.15, 0.2) is 42.6 Å². The average molecular weight is 427 g/mol. The Morgan fingerprint density at radius 1 is 1.03 bits per heavy atom. The maximum absolute atomic E-state index is 14.8. The van der Waals surface area contributed by atoms with E-state index in [9.17, 15) is 18.4 Å². The van der Waals surface area contributed by atoms with Crippen LogP contribution >= 0.6 is 0 Å². The summed E-state index contributed by atoms with van der Waals surface area (Å²) in [6.07, 6.45) is 1.16. The van der Waals surface area contributed by atoms with E-state index in [0.717, 1.165) is 12.1 Å². The normalized spacial score (nSPS) is 11.4. The van der Waals surface area contributed by atoms with E-state index in [1.165, 1.54) is 12.3 Å². The zero-order valence-electron chi connectivity index (χ0n) is 17.8. The molecule has 0 saturated heterocycles. The molecule has 0 saturated carbocycles. The molecule has 1 heterocycles. The predicted molar refractivity (Wildman–Crippen MR) is 112 cm³/mol. The monoisotopic (exact) mass is 427 g/mol. The lowest BCUT2D eigenvalue weighted by Gasteiger charge is -2.19. The van der Waals surface area contributed by atoms with Crippen molar-refractivity contribution in [1.82, 2.24) is 4.98 Å². The van der Waals surface area contributed by atoms with Gasteiger partial charge >= 0.3 is 5.97 Å². The van der Waals surface area contributed by atoms with Crippen LogP contribution in [-0.4, -0.2) is 28.9 Å². The van der Waals surface area contributed by atoms with Crippen LogP contribution in [0.2, 0.25) is 0 Å². The maximum atomic E-state index is 14.8. The third-order valence-corrected chi connectivity index (χ3v) is 4.39. The van der Waals surface area contributed by atoms with E-state index in [-0.39, 0.29) is 17.5 Å². The summed E-state index contributed by atoms with van der Waals surface area (Å²) in [5.41, 5.74) is -1.19. The average Bonchev–Trinajstić information content (AvgIpc) is 2.65. The molecule has 31 heavy (non-hydrogen) atoms. The summed E-state index contributed by atoms with van der Waals surface area (Å²) in [4.78, 5) is 29.2. The lowest BCUT2D eigenvalue weighted by molar-refractivity contribution is -0.153. The van der Waals surface area contributed by atoms with E-state index in [0.29, 0.717) is 23.3 Å². The van der Waals surface area contributed by atoms with Gasteiger partial charge in [-0.3, -0.25) is 9.59 Å². The molecule has 2 aromatic carbocycles. The molecule has 162 valence electrons. The molecule has 1 aromatic heterocycles. The van der Waals surface area contributed by atoms with Crippen molar-refractivity contribution in [3.63, 3.8) is 0 Å². The van der Waals surface area contributed by atoms with Gasteiger partial charge in [-0.05, 0) is 62.9 Å². The van der Waals surface area contributed by atoms with Crippen LogP contribution in [0.4, 0.5) is 8.78 Å². The number of nitrogens with zero attached hydrogens (tertiary/aromatic N) is 1. The minimum absolute atomic E-state index is 0.0848. The van der Waals surface area contributed by atoms with Crippen molar-refractivity contribution in [1.29, 1.82) is 0 Å². The number of halogens is 2. The summed E-state index contributed by atoms with van der Waals surface area (Å²) in [6, 6.07) is 8.38. The minimum atomic E-state index is -1.04. The van der Waals surface area contributed by atoms with Gasteiger partial charge in [0.15, 0.2) is 5.78 Å². The topological polar surface area (TPSA) is 65.5 Å². The van der Waals surface area contributed by atoms with Gasteiger partial charge in [0.1, 0.15) is 17.2 Å². The van der Waals surface area contributed by atoms with E-state index < -0.39 is 34.6 Å². The number of aromatic nitrogens is 1. The largest absolute Gasteiger partial charge is 0.478 e. The quantitative estimate of drug-likeness (QED) is 0.408. The summed E-state index contributed by atoms with van der Waals surface area (Å²) in [6.45, 7) is 7.28. The Labute approximate surface area is 179 Å². The third-order valence-electron chi connectivity index (χ3n) is 4.39. The van der Waals surface area contributed by atoms with Crippen LogP contribution in [0, 0.1) is 11.6 Å². The van der Waals surface area contributed by atoms with Crippen molar-refractivity contribution in [2.45, 2.75) is 39.7 Å². The first-order chi connectivity index (χ1) is 14.6. The molecule has 0 atom stereocenters. The van der Waals surface area contributed by atoms with Crippen molar-refractivity contribution < 1.29 is 27.8 Å². The maximum Gasteiger partial charge on any atom is 0.310 e. The Balaban J connectivity index is 1.98. The summed E-state index contributed by atoms with van der Waals surface area (Å²) in [5, 5.41) is 1.04. The zero-order valence-corrected chi connectivity index (χ0v) is 17.8.